The fourth-order valence-electron chi connectivity index (χ4n) is 1.72. The normalized spacial score (nSPS) is 9.76. The maximum Gasteiger partial charge on any atom is 0.221 e. The van der Waals surface area contributed by atoms with E-state index in [9.17, 15) is 4.79 Å². The van der Waals surface area contributed by atoms with Crippen molar-refractivity contribution in [3.8, 4) is 0 Å². The van der Waals surface area contributed by atoms with Gasteiger partial charge < -0.3 is 21.8 Å². The van der Waals surface area contributed by atoms with Crippen LogP contribution in [-0.4, -0.2) is 15.9 Å². The highest BCUT2D eigenvalue weighted by molar-refractivity contribution is 5.88. The number of aromatic amines is 1. The Hall–Kier alpha value is -3.02. The van der Waals surface area contributed by atoms with Crippen molar-refractivity contribution in [3.05, 3.63) is 48.8 Å². The summed E-state index contributed by atoms with van der Waals surface area (Å²) in [4.78, 5) is 17.6. The number of nitrogens with two attached hydrogens (primary N) is 2. The number of anilines is 3. The molecule has 0 atom stereocenters. The van der Waals surface area contributed by atoms with Gasteiger partial charge in [0.1, 0.15) is 0 Å². The zero-order valence-corrected chi connectivity index (χ0v) is 11.6. The third-order valence-corrected chi connectivity index (χ3v) is 2.68. The predicted octanol–water partition coefficient (Wildman–Crippen LogP) is 2.37. The third-order valence-electron chi connectivity index (χ3n) is 2.68. The number of fused-ring (bicyclic) bond motifs is 1. The molecule has 1 aromatic heterocycles. The van der Waals surface area contributed by atoms with E-state index in [0.29, 0.717) is 5.69 Å². The molecule has 0 bridgehead atoms. The first-order chi connectivity index (χ1) is 10.0. The van der Waals surface area contributed by atoms with E-state index in [0.717, 1.165) is 22.4 Å². The van der Waals surface area contributed by atoms with Gasteiger partial charge in [-0.1, -0.05) is 0 Å². The van der Waals surface area contributed by atoms with Gasteiger partial charge in [0.2, 0.25) is 5.91 Å². The number of imidazole rings is 1. The van der Waals surface area contributed by atoms with Crippen molar-refractivity contribution in [2.75, 3.05) is 16.8 Å². The van der Waals surface area contributed by atoms with Gasteiger partial charge in [0, 0.05) is 24.0 Å². The fourth-order valence-corrected chi connectivity index (χ4v) is 1.72. The lowest BCUT2D eigenvalue weighted by Gasteiger charge is -2.00. The van der Waals surface area contributed by atoms with Gasteiger partial charge in [-0.05, 0) is 42.5 Å². The molecule has 0 saturated heterocycles. The first-order valence-corrected chi connectivity index (χ1v) is 6.36. The number of nitrogens with one attached hydrogen (secondary N) is 2. The second kappa shape index (κ2) is 6.42. The Morgan fingerprint density at radius 2 is 1.76 bits per heavy atom. The largest absolute Gasteiger partial charge is 0.399 e. The molecular formula is C15H17N5O. The van der Waals surface area contributed by atoms with E-state index < -0.39 is 0 Å². The fraction of sp³-hybridized carbons (Fsp3) is 0.0667. The van der Waals surface area contributed by atoms with Crippen LogP contribution in [0.25, 0.3) is 11.0 Å². The molecule has 3 rings (SSSR count). The zero-order valence-electron chi connectivity index (χ0n) is 11.6. The molecule has 0 aliphatic carbocycles. The summed E-state index contributed by atoms with van der Waals surface area (Å²) in [5.74, 6) is -0.0743. The monoisotopic (exact) mass is 283 g/mol. The Kier molecular flexibility index (Phi) is 4.40. The number of nitrogens with zero attached hydrogens (tertiary/aromatic N) is 1. The number of rotatable bonds is 1. The van der Waals surface area contributed by atoms with Crippen LogP contribution in [0.4, 0.5) is 17.1 Å². The van der Waals surface area contributed by atoms with Crippen LogP contribution >= 0.6 is 0 Å². The summed E-state index contributed by atoms with van der Waals surface area (Å²) in [6.07, 6.45) is 1.66. The molecule has 0 aliphatic rings. The quantitative estimate of drug-likeness (QED) is 0.514. The molecule has 3 aromatic rings. The summed E-state index contributed by atoms with van der Waals surface area (Å²) >= 11 is 0. The molecule has 0 unspecified atom stereocenters. The molecule has 1 heterocycles. The van der Waals surface area contributed by atoms with Crippen LogP contribution < -0.4 is 16.8 Å². The number of carbonyl (C=O) groups excluding carboxylic acids is 1. The van der Waals surface area contributed by atoms with E-state index in [4.69, 9.17) is 11.5 Å². The summed E-state index contributed by atoms with van der Waals surface area (Å²) in [7, 11) is 0. The van der Waals surface area contributed by atoms with Crippen LogP contribution in [0.2, 0.25) is 0 Å². The average molecular weight is 283 g/mol. The van der Waals surface area contributed by atoms with Crippen molar-refractivity contribution in [2.45, 2.75) is 6.92 Å². The Morgan fingerprint density at radius 1 is 1.10 bits per heavy atom. The van der Waals surface area contributed by atoms with Crippen LogP contribution in [0.5, 0.6) is 0 Å². The smallest absolute Gasteiger partial charge is 0.221 e. The molecule has 0 fully saturated rings. The van der Waals surface area contributed by atoms with E-state index >= 15 is 0 Å². The number of nitrogen functional groups attached to an aromatic ring is 2. The van der Waals surface area contributed by atoms with Gasteiger partial charge >= 0.3 is 0 Å². The lowest BCUT2D eigenvalue weighted by Crippen LogP contribution is -2.05. The maximum atomic E-state index is 10.6. The SMILES string of the molecule is CC(=O)Nc1ccc(N)cc1.Nc1ccc2nc[nH]c2c1. The molecular weight excluding hydrogens is 266 g/mol. The van der Waals surface area contributed by atoms with Crippen molar-refractivity contribution in [1.29, 1.82) is 0 Å². The number of H-pyrrole nitrogens is 1. The minimum atomic E-state index is -0.0743. The van der Waals surface area contributed by atoms with Gasteiger partial charge in [-0.15, -0.1) is 0 Å². The van der Waals surface area contributed by atoms with Gasteiger partial charge in [-0.25, -0.2) is 4.98 Å². The highest BCUT2D eigenvalue weighted by atomic mass is 16.1. The zero-order chi connectivity index (χ0) is 15.2. The number of carbonyl (C=O) groups is 1. The van der Waals surface area contributed by atoms with Gasteiger partial charge in [0.25, 0.3) is 0 Å². The van der Waals surface area contributed by atoms with E-state index in [2.05, 4.69) is 15.3 Å². The summed E-state index contributed by atoms with van der Waals surface area (Å²) in [5.41, 5.74) is 15.1. The molecule has 0 saturated carbocycles. The van der Waals surface area contributed by atoms with Gasteiger partial charge in [0.15, 0.2) is 0 Å². The van der Waals surface area contributed by atoms with E-state index in [1.165, 1.54) is 6.92 Å². The molecule has 6 heteroatoms. The number of amides is 1. The molecule has 108 valence electrons. The lowest BCUT2D eigenvalue weighted by molar-refractivity contribution is -0.114. The molecule has 6 nitrogen and oxygen atoms in total. The summed E-state index contributed by atoms with van der Waals surface area (Å²) < 4.78 is 0. The van der Waals surface area contributed by atoms with Crippen molar-refractivity contribution in [3.63, 3.8) is 0 Å². The van der Waals surface area contributed by atoms with Crippen LogP contribution in [0.1, 0.15) is 6.92 Å². The van der Waals surface area contributed by atoms with Crippen molar-refractivity contribution in [1.82, 2.24) is 9.97 Å². The Balaban J connectivity index is 0.000000154. The topological polar surface area (TPSA) is 110 Å². The molecule has 6 N–H and O–H groups in total. The van der Waals surface area contributed by atoms with E-state index in [-0.39, 0.29) is 5.91 Å². The minimum absolute atomic E-state index is 0.0743. The highest BCUT2D eigenvalue weighted by Gasteiger charge is 1.93. The first-order valence-electron chi connectivity index (χ1n) is 6.36. The van der Waals surface area contributed by atoms with Crippen LogP contribution in [0.3, 0.4) is 0 Å². The molecule has 1 amide bonds. The summed E-state index contributed by atoms with van der Waals surface area (Å²) in [6.45, 7) is 1.47. The summed E-state index contributed by atoms with van der Waals surface area (Å²) in [5, 5.41) is 2.64. The van der Waals surface area contributed by atoms with Crippen molar-refractivity contribution < 1.29 is 4.79 Å². The molecule has 21 heavy (non-hydrogen) atoms. The maximum absolute atomic E-state index is 10.6. The third kappa shape index (κ3) is 4.24. The lowest BCUT2D eigenvalue weighted by atomic mass is 10.3. The van der Waals surface area contributed by atoms with E-state index in [1.54, 1.807) is 30.6 Å². The Bertz CT molecular complexity index is 733. The number of aromatic nitrogens is 2. The Morgan fingerprint density at radius 3 is 2.43 bits per heavy atom. The number of hydrogen-bond acceptors (Lipinski definition) is 4. The molecule has 0 spiro atoms. The molecule has 0 aliphatic heterocycles. The van der Waals surface area contributed by atoms with Gasteiger partial charge in [-0.3, -0.25) is 4.79 Å². The van der Waals surface area contributed by atoms with Crippen molar-refractivity contribution >= 4 is 34.0 Å². The first kappa shape index (κ1) is 14.4. The van der Waals surface area contributed by atoms with Crippen LogP contribution in [-0.2, 0) is 4.79 Å². The van der Waals surface area contributed by atoms with Crippen LogP contribution in [0, 0.1) is 0 Å². The minimum Gasteiger partial charge on any atom is -0.399 e. The second-order valence-electron chi connectivity index (χ2n) is 4.48. The van der Waals surface area contributed by atoms with E-state index in [1.807, 2.05) is 18.2 Å². The average Bonchev–Trinajstić information content (AvgIpc) is 2.89. The van der Waals surface area contributed by atoms with Gasteiger partial charge in [-0.2, -0.15) is 0 Å². The highest BCUT2D eigenvalue weighted by Crippen LogP contribution is 2.12. The standard InChI is InChI=1S/C8H10N2O.C7H7N3/c1-6(11)10-8-4-2-7(9)3-5-8;8-5-1-2-6-7(3-5)10-4-9-6/h2-5H,9H2,1H3,(H,10,11);1-4H,8H2,(H,9,10). The molecule has 0 radical (unpaired) electrons. The van der Waals surface area contributed by atoms with Gasteiger partial charge in [0.05, 0.1) is 17.4 Å². The predicted molar refractivity (Wildman–Crippen MR) is 85.7 cm³/mol. The van der Waals surface area contributed by atoms with Crippen LogP contribution in [0.15, 0.2) is 48.8 Å². The molecule has 2 aromatic carbocycles. The Labute approximate surface area is 122 Å². The number of benzene rings is 2. The summed E-state index contributed by atoms with van der Waals surface area (Å²) in [6, 6.07) is 12.6. The second-order valence-corrected chi connectivity index (χ2v) is 4.48. The number of hydrogen-bond donors (Lipinski definition) is 4. The van der Waals surface area contributed by atoms with Crippen molar-refractivity contribution in [2.24, 2.45) is 0 Å².